The Morgan fingerprint density at radius 1 is 1.26 bits per heavy atom. The van der Waals surface area contributed by atoms with Crippen LogP contribution in [0.1, 0.15) is 61.5 Å². The molecule has 1 aromatic carbocycles. The highest BCUT2D eigenvalue weighted by Gasteiger charge is 2.40. The number of benzene rings is 1. The van der Waals surface area contributed by atoms with Crippen LogP contribution in [0.2, 0.25) is 0 Å². The third kappa shape index (κ3) is 3.90. The number of thioether (sulfide) groups is 1. The van der Waals surface area contributed by atoms with Gasteiger partial charge in [0.1, 0.15) is 0 Å². The maximum Gasteiger partial charge on any atom is 0.237 e. The smallest absolute Gasteiger partial charge is 0.237 e. The summed E-state index contributed by atoms with van der Waals surface area (Å²) in [4.78, 5) is 35.5. The van der Waals surface area contributed by atoms with Crippen molar-refractivity contribution in [2.45, 2.75) is 57.7 Å². The first-order valence-corrected chi connectivity index (χ1v) is 10.1. The maximum atomic E-state index is 13.2. The van der Waals surface area contributed by atoms with Gasteiger partial charge in [0.2, 0.25) is 5.91 Å². The number of rotatable bonds is 4. The van der Waals surface area contributed by atoms with Crippen molar-refractivity contribution in [3.63, 3.8) is 0 Å². The lowest BCUT2D eigenvalue weighted by Crippen LogP contribution is -2.52. The van der Waals surface area contributed by atoms with E-state index in [2.05, 4.69) is 36.8 Å². The molecule has 0 radical (unpaired) electrons. The van der Waals surface area contributed by atoms with Crippen LogP contribution in [0.15, 0.2) is 35.7 Å². The Hall–Kier alpha value is -2.21. The first kappa shape index (κ1) is 19.5. The van der Waals surface area contributed by atoms with E-state index >= 15 is 0 Å². The average Bonchev–Trinajstić information content (AvgIpc) is 2.60. The van der Waals surface area contributed by atoms with E-state index in [0.29, 0.717) is 16.6 Å². The summed E-state index contributed by atoms with van der Waals surface area (Å²) in [7, 11) is 0. The lowest BCUT2D eigenvalue weighted by molar-refractivity contribution is -0.117. The minimum atomic E-state index is -0.328. The first-order valence-electron chi connectivity index (χ1n) is 9.09. The Bertz CT molecular complexity index is 880. The quantitative estimate of drug-likeness (QED) is 0.445. The largest absolute Gasteiger partial charge is 0.306 e. The minimum Gasteiger partial charge on any atom is -0.306 e. The predicted octanol–water partition coefficient (Wildman–Crippen LogP) is 4.40. The number of ketones is 1. The second-order valence-corrected chi connectivity index (χ2v) is 8.69. The Morgan fingerprint density at radius 3 is 2.56 bits per heavy atom. The van der Waals surface area contributed by atoms with Crippen molar-refractivity contribution in [1.82, 2.24) is 9.97 Å². The van der Waals surface area contributed by atoms with E-state index in [1.54, 1.807) is 25.4 Å². The number of Topliss-reactive ketones (excluding diaryl/α,β-unsaturated/α-hetero) is 1. The van der Waals surface area contributed by atoms with Gasteiger partial charge in [0.15, 0.2) is 10.9 Å². The third-order valence-corrected chi connectivity index (χ3v) is 5.91. The maximum absolute atomic E-state index is 13.2. The van der Waals surface area contributed by atoms with Crippen LogP contribution in [0.3, 0.4) is 0 Å². The second-order valence-electron chi connectivity index (χ2n) is 7.75. The molecule has 5 nitrogen and oxygen atoms in total. The molecule has 1 aliphatic rings. The van der Waals surface area contributed by atoms with Crippen molar-refractivity contribution in [2.24, 2.45) is 0 Å². The van der Waals surface area contributed by atoms with Gasteiger partial charge in [-0.25, -0.2) is 9.97 Å². The van der Waals surface area contributed by atoms with E-state index < -0.39 is 0 Å². The summed E-state index contributed by atoms with van der Waals surface area (Å²) in [5, 5.41) is 0.586. The lowest BCUT2D eigenvalue weighted by Gasteiger charge is -2.46. The molecule has 3 rings (SSSR count). The summed E-state index contributed by atoms with van der Waals surface area (Å²) in [6.07, 6.45) is 4.21. The lowest BCUT2D eigenvalue weighted by atomic mass is 9.78. The fourth-order valence-corrected chi connectivity index (χ4v) is 4.64. The fraction of sp³-hybridized carbons (Fsp3) is 0.429. The molecule has 0 saturated carbocycles. The Kier molecular flexibility index (Phi) is 5.38. The van der Waals surface area contributed by atoms with Crippen LogP contribution in [0.25, 0.3) is 0 Å². The summed E-state index contributed by atoms with van der Waals surface area (Å²) in [5.41, 5.74) is 3.30. The molecular weight excluding hydrogens is 358 g/mol. The molecule has 2 heterocycles. The molecule has 0 N–H and O–H groups in total. The van der Waals surface area contributed by atoms with Crippen LogP contribution < -0.4 is 4.90 Å². The summed E-state index contributed by atoms with van der Waals surface area (Å²) >= 11 is 1.33. The van der Waals surface area contributed by atoms with Crippen molar-refractivity contribution in [3.05, 3.63) is 47.3 Å². The molecule has 0 saturated heterocycles. The molecule has 0 bridgehead atoms. The molecule has 1 aromatic heterocycles. The first-order chi connectivity index (χ1) is 12.7. The van der Waals surface area contributed by atoms with Crippen LogP contribution in [0, 0.1) is 6.92 Å². The average molecular weight is 384 g/mol. The van der Waals surface area contributed by atoms with Crippen molar-refractivity contribution in [2.75, 3.05) is 10.7 Å². The van der Waals surface area contributed by atoms with E-state index in [0.717, 1.165) is 23.2 Å². The van der Waals surface area contributed by atoms with Gasteiger partial charge in [0, 0.05) is 29.2 Å². The highest BCUT2D eigenvalue weighted by atomic mass is 32.2. The van der Waals surface area contributed by atoms with Crippen molar-refractivity contribution < 1.29 is 9.59 Å². The zero-order valence-electron chi connectivity index (χ0n) is 16.4. The molecule has 1 aliphatic heterocycles. The number of anilines is 1. The standard InChI is InChI=1S/C21H25N3O2S/c1-13-9-17-14(2)11-21(4,5)24(18(17)10-16(13)15(3)25)19(26)12-27-20-22-7-6-8-23-20/h6-10,14H,11-12H2,1-5H3/t14-/m0/s1. The van der Waals surface area contributed by atoms with E-state index in [-0.39, 0.29) is 23.0 Å². The van der Waals surface area contributed by atoms with E-state index in [9.17, 15) is 9.59 Å². The second kappa shape index (κ2) is 7.43. The highest BCUT2D eigenvalue weighted by Crippen LogP contribution is 2.44. The van der Waals surface area contributed by atoms with E-state index in [1.807, 2.05) is 17.9 Å². The minimum absolute atomic E-state index is 0.00366. The summed E-state index contributed by atoms with van der Waals surface area (Å²) in [5.74, 6) is 0.600. The van der Waals surface area contributed by atoms with Crippen molar-refractivity contribution >= 4 is 29.1 Å². The normalized spacial score (nSPS) is 18.1. The number of amides is 1. The van der Waals surface area contributed by atoms with Gasteiger partial charge in [0.05, 0.1) is 5.75 Å². The van der Waals surface area contributed by atoms with Gasteiger partial charge in [-0.05, 0) is 63.3 Å². The number of carbonyl (C=O) groups excluding carboxylic acids is 2. The van der Waals surface area contributed by atoms with Crippen LogP contribution in [-0.2, 0) is 4.79 Å². The molecule has 1 amide bonds. The molecule has 6 heteroatoms. The number of fused-ring (bicyclic) bond motifs is 1. The molecule has 1 atom stereocenters. The molecule has 0 unspecified atom stereocenters. The molecule has 142 valence electrons. The Balaban J connectivity index is 1.98. The highest BCUT2D eigenvalue weighted by molar-refractivity contribution is 7.99. The van der Waals surface area contributed by atoms with Crippen molar-refractivity contribution in [3.8, 4) is 0 Å². The molecule has 27 heavy (non-hydrogen) atoms. The topological polar surface area (TPSA) is 63.2 Å². The summed E-state index contributed by atoms with van der Waals surface area (Å²) < 4.78 is 0. The summed E-state index contributed by atoms with van der Waals surface area (Å²) in [6.45, 7) is 9.88. The molecular formula is C21H25N3O2S. The summed E-state index contributed by atoms with van der Waals surface area (Å²) in [6, 6.07) is 5.72. The van der Waals surface area contributed by atoms with Gasteiger partial charge < -0.3 is 4.90 Å². The number of hydrogen-bond donors (Lipinski definition) is 0. The van der Waals surface area contributed by atoms with Gasteiger partial charge in [-0.15, -0.1) is 0 Å². The fourth-order valence-electron chi connectivity index (χ4n) is 3.99. The van der Waals surface area contributed by atoms with Crippen LogP contribution in [-0.4, -0.2) is 33.0 Å². The van der Waals surface area contributed by atoms with Crippen molar-refractivity contribution in [1.29, 1.82) is 0 Å². The molecule has 0 aliphatic carbocycles. The molecule has 2 aromatic rings. The number of nitrogens with zero attached hydrogens (tertiary/aromatic N) is 3. The van der Waals surface area contributed by atoms with Gasteiger partial charge in [-0.2, -0.15) is 0 Å². The SMILES string of the molecule is CC(=O)c1cc2c(cc1C)[C@@H](C)CC(C)(C)N2C(=O)CSc1ncccn1. The monoisotopic (exact) mass is 383 g/mol. The van der Waals surface area contributed by atoms with Gasteiger partial charge in [0.25, 0.3) is 0 Å². The Morgan fingerprint density at radius 2 is 1.93 bits per heavy atom. The zero-order chi connectivity index (χ0) is 19.8. The van der Waals surface area contributed by atoms with E-state index in [1.165, 1.54) is 11.8 Å². The number of hydrogen-bond acceptors (Lipinski definition) is 5. The third-order valence-electron chi connectivity index (χ3n) is 5.05. The number of aromatic nitrogens is 2. The number of carbonyl (C=O) groups is 2. The van der Waals surface area contributed by atoms with Gasteiger partial charge in [-0.1, -0.05) is 24.8 Å². The molecule has 0 spiro atoms. The van der Waals surface area contributed by atoms with E-state index in [4.69, 9.17) is 0 Å². The predicted molar refractivity (Wildman–Crippen MR) is 109 cm³/mol. The Labute approximate surface area is 164 Å². The number of aryl methyl sites for hydroxylation is 1. The zero-order valence-corrected chi connectivity index (χ0v) is 17.3. The molecule has 0 fully saturated rings. The van der Waals surface area contributed by atoms with Gasteiger partial charge in [-0.3, -0.25) is 9.59 Å². The van der Waals surface area contributed by atoms with Crippen LogP contribution in [0.4, 0.5) is 5.69 Å². The van der Waals surface area contributed by atoms with Crippen LogP contribution in [0.5, 0.6) is 0 Å². The van der Waals surface area contributed by atoms with Crippen LogP contribution >= 0.6 is 11.8 Å². The van der Waals surface area contributed by atoms with Gasteiger partial charge >= 0.3 is 0 Å².